The highest BCUT2D eigenvalue weighted by molar-refractivity contribution is 5.33. The summed E-state index contributed by atoms with van der Waals surface area (Å²) in [5.74, 6) is -5.78. The fourth-order valence-electron chi connectivity index (χ4n) is 4.73. The van der Waals surface area contributed by atoms with Crippen LogP contribution >= 0.6 is 0 Å². The normalized spacial score (nSPS) is 30.3. The first kappa shape index (κ1) is 16.4. The van der Waals surface area contributed by atoms with Crippen molar-refractivity contribution in [2.24, 2.45) is 10.8 Å². The Morgan fingerprint density at radius 1 is 1.24 bits per heavy atom. The molecule has 25 heavy (non-hydrogen) atoms. The summed E-state index contributed by atoms with van der Waals surface area (Å²) >= 11 is 0. The highest BCUT2D eigenvalue weighted by Crippen LogP contribution is 2.80. The summed E-state index contributed by atoms with van der Waals surface area (Å²) in [6, 6.07) is 2.19. The minimum Gasteiger partial charge on any atom is -0.377 e. The van der Waals surface area contributed by atoms with Crippen molar-refractivity contribution in [2.45, 2.75) is 44.3 Å². The Bertz CT molecular complexity index is 806. The van der Waals surface area contributed by atoms with Gasteiger partial charge in [-0.15, -0.1) is 5.10 Å². The summed E-state index contributed by atoms with van der Waals surface area (Å²) in [6.07, 6.45) is 1.83. The molecule has 5 rings (SSSR count). The number of rotatable bonds is 5. The maximum atomic E-state index is 15.5. The second-order valence-corrected chi connectivity index (χ2v) is 7.69. The van der Waals surface area contributed by atoms with Crippen LogP contribution in [-0.2, 0) is 12.1 Å². The largest absolute Gasteiger partial charge is 0.377 e. The van der Waals surface area contributed by atoms with E-state index in [2.05, 4.69) is 15.5 Å². The van der Waals surface area contributed by atoms with Crippen LogP contribution in [0.5, 0.6) is 0 Å². The van der Waals surface area contributed by atoms with Gasteiger partial charge in [0.15, 0.2) is 5.60 Å². The molecular weight excluding hydrogens is 340 g/mol. The monoisotopic (exact) mass is 356 g/mol. The van der Waals surface area contributed by atoms with Crippen molar-refractivity contribution in [3.63, 3.8) is 0 Å². The van der Waals surface area contributed by atoms with Crippen molar-refractivity contribution < 1.29 is 22.7 Å². The Balaban J connectivity index is 1.81. The third-order valence-corrected chi connectivity index (χ3v) is 5.64. The van der Waals surface area contributed by atoms with E-state index in [9.17, 15) is 13.9 Å². The first-order valence-corrected chi connectivity index (χ1v) is 7.88. The molecular formula is C16H16F4N4O. The molecule has 3 aliphatic carbocycles. The quantitative estimate of drug-likeness (QED) is 0.837. The summed E-state index contributed by atoms with van der Waals surface area (Å²) in [7, 11) is 0. The Morgan fingerprint density at radius 2 is 1.92 bits per heavy atom. The van der Waals surface area contributed by atoms with E-state index in [4.69, 9.17) is 0 Å². The molecule has 1 aromatic carbocycles. The standard InChI is InChI=1S/C16H16F4N4O/c1-13-5-14(6-13,7-13)16(19,20)15(25,8-24-9-21-22-23-24)11-3-2-10(17)4-12(11)18/h2-4,9,25H,5-8H2,1H3/t13?,14?,15-/m1/s1. The van der Waals surface area contributed by atoms with Gasteiger partial charge in [0.25, 0.3) is 5.92 Å². The molecule has 3 saturated carbocycles. The molecule has 3 aliphatic rings. The fourth-order valence-corrected chi connectivity index (χ4v) is 4.73. The van der Waals surface area contributed by atoms with Gasteiger partial charge in [0, 0.05) is 17.0 Å². The zero-order valence-electron chi connectivity index (χ0n) is 13.4. The number of nitrogens with zero attached hydrogens (tertiary/aromatic N) is 4. The lowest BCUT2D eigenvalue weighted by Gasteiger charge is -2.73. The van der Waals surface area contributed by atoms with Crippen LogP contribution < -0.4 is 0 Å². The lowest BCUT2D eigenvalue weighted by molar-refractivity contribution is -0.365. The summed E-state index contributed by atoms with van der Waals surface area (Å²) in [5, 5.41) is 21.3. The number of hydrogen-bond acceptors (Lipinski definition) is 4. The van der Waals surface area contributed by atoms with E-state index in [1.54, 1.807) is 0 Å². The van der Waals surface area contributed by atoms with Crippen molar-refractivity contribution in [2.75, 3.05) is 0 Å². The van der Waals surface area contributed by atoms with Gasteiger partial charge in [-0.05, 0) is 47.2 Å². The van der Waals surface area contributed by atoms with Gasteiger partial charge in [0.2, 0.25) is 0 Å². The van der Waals surface area contributed by atoms with Crippen LogP contribution in [-0.4, -0.2) is 31.2 Å². The molecule has 2 aromatic rings. The smallest absolute Gasteiger partial charge is 0.287 e. The number of alkyl halides is 2. The highest BCUT2D eigenvalue weighted by Gasteiger charge is 2.80. The van der Waals surface area contributed by atoms with E-state index in [-0.39, 0.29) is 24.7 Å². The number of aromatic nitrogens is 4. The predicted octanol–water partition coefficient (Wildman–Crippen LogP) is 2.66. The van der Waals surface area contributed by atoms with E-state index in [1.807, 2.05) is 6.92 Å². The SMILES string of the molecule is CC12CC(C(F)(F)[C@@](O)(Cn3cnnn3)c3ccc(F)cc3F)(C1)C2. The van der Waals surface area contributed by atoms with Crippen LogP contribution in [0.15, 0.2) is 24.5 Å². The summed E-state index contributed by atoms with van der Waals surface area (Å²) in [5.41, 5.74) is -5.09. The molecule has 134 valence electrons. The van der Waals surface area contributed by atoms with E-state index < -0.39 is 40.7 Å². The van der Waals surface area contributed by atoms with E-state index >= 15 is 8.78 Å². The minimum absolute atomic E-state index is 0.138. The number of hydrogen-bond donors (Lipinski definition) is 1. The van der Waals surface area contributed by atoms with Gasteiger partial charge in [-0.2, -0.15) is 0 Å². The lowest BCUT2D eigenvalue weighted by Crippen LogP contribution is -2.73. The van der Waals surface area contributed by atoms with Crippen molar-refractivity contribution in [3.8, 4) is 0 Å². The highest BCUT2D eigenvalue weighted by atomic mass is 19.3. The maximum Gasteiger partial charge on any atom is 0.287 e. The molecule has 1 N–H and O–H groups in total. The summed E-state index contributed by atoms with van der Waals surface area (Å²) in [4.78, 5) is 0. The molecule has 0 unspecified atom stereocenters. The zero-order valence-corrected chi connectivity index (χ0v) is 13.4. The van der Waals surface area contributed by atoms with Crippen LogP contribution in [0.2, 0.25) is 0 Å². The van der Waals surface area contributed by atoms with Crippen molar-refractivity contribution in [3.05, 3.63) is 41.7 Å². The van der Waals surface area contributed by atoms with Crippen molar-refractivity contribution in [1.29, 1.82) is 0 Å². The molecule has 1 atom stereocenters. The molecule has 2 bridgehead atoms. The molecule has 5 nitrogen and oxygen atoms in total. The van der Waals surface area contributed by atoms with Gasteiger partial charge in [-0.3, -0.25) is 0 Å². The van der Waals surface area contributed by atoms with Crippen LogP contribution in [0, 0.1) is 22.5 Å². The van der Waals surface area contributed by atoms with Gasteiger partial charge < -0.3 is 5.11 Å². The molecule has 1 aromatic heterocycles. The third kappa shape index (κ3) is 2.08. The van der Waals surface area contributed by atoms with Gasteiger partial charge in [-0.25, -0.2) is 22.2 Å². The van der Waals surface area contributed by atoms with E-state index in [1.165, 1.54) is 0 Å². The van der Waals surface area contributed by atoms with Crippen LogP contribution in [0.3, 0.4) is 0 Å². The summed E-state index contributed by atoms with van der Waals surface area (Å²) < 4.78 is 59.4. The van der Waals surface area contributed by atoms with Gasteiger partial charge in [-0.1, -0.05) is 6.92 Å². The predicted molar refractivity (Wildman–Crippen MR) is 77.4 cm³/mol. The molecule has 3 fully saturated rings. The van der Waals surface area contributed by atoms with Crippen LogP contribution in [0.1, 0.15) is 31.7 Å². The molecule has 0 aliphatic heterocycles. The molecule has 0 saturated heterocycles. The topological polar surface area (TPSA) is 63.8 Å². The van der Waals surface area contributed by atoms with Crippen LogP contribution in [0.4, 0.5) is 17.6 Å². The van der Waals surface area contributed by atoms with Crippen molar-refractivity contribution >= 4 is 0 Å². The number of halogens is 4. The van der Waals surface area contributed by atoms with Crippen molar-refractivity contribution in [1.82, 2.24) is 20.2 Å². The molecule has 0 amide bonds. The van der Waals surface area contributed by atoms with Crippen LogP contribution in [0.25, 0.3) is 0 Å². The molecule has 0 radical (unpaired) electrons. The van der Waals surface area contributed by atoms with E-state index in [0.717, 1.165) is 23.1 Å². The Hall–Kier alpha value is -2.03. The first-order chi connectivity index (χ1) is 11.6. The zero-order chi connectivity index (χ0) is 18.1. The average molecular weight is 356 g/mol. The fraction of sp³-hybridized carbons (Fsp3) is 0.562. The van der Waals surface area contributed by atoms with E-state index in [0.29, 0.717) is 6.07 Å². The second-order valence-electron chi connectivity index (χ2n) is 7.69. The molecule has 9 heteroatoms. The second kappa shape index (κ2) is 4.78. The molecule has 0 spiro atoms. The minimum atomic E-state index is -3.64. The maximum absolute atomic E-state index is 15.5. The summed E-state index contributed by atoms with van der Waals surface area (Å²) in [6.45, 7) is 1.16. The lowest BCUT2D eigenvalue weighted by atomic mass is 9.33. The number of benzene rings is 1. The number of aliphatic hydroxyl groups is 1. The Morgan fingerprint density at radius 3 is 2.44 bits per heavy atom. The number of tetrazole rings is 1. The van der Waals surface area contributed by atoms with Gasteiger partial charge in [0.05, 0.1) is 6.54 Å². The average Bonchev–Trinajstić information content (AvgIpc) is 2.95. The first-order valence-electron chi connectivity index (χ1n) is 7.88. The third-order valence-electron chi connectivity index (χ3n) is 5.64. The Labute approximate surface area is 140 Å². The molecule has 1 heterocycles. The van der Waals surface area contributed by atoms with Gasteiger partial charge >= 0.3 is 0 Å². The van der Waals surface area contributed by atoms with Gasteiger partial charge in [0.1, 0.15) is 18.0 Å². The Kier molecular flexibility index (Phi) is 3.14.